The number of thiophene rings is 1. The number of carbonyl (C=O) groups is 2. The summed E-state index contributed by atoms with van der Waals surface area (Å²) in [5.41, 5.74) is 1.63. The fraction of sp³-hybridized carbons (Fsp3) is 0.471. The summed E-state index contributed by atoms with van der Waals surface area (Å²) in [7, 11) is -1.88. The van der Waals surface area contributed by atoms with Crippen LogP contribution in [0.25, 0.3) is 0 Å². The highest BCUT2D eigenvalue weighted by Gasteiger charge is 2.31. The lowest BCUT2D eigenvalue weighted by Crippen LogP contribution is -2.47. The number of hydrogen-bond donors (Lipinski definition) is 3. The van der Waals surface area contributed by atoms with Gasteiger partial charge in [0.1, 0.15) is 9.96 Å². The molecule has 256 valence electrons. The minimum absolute atomic E-state index is 0.142. The Labute approximate surface area is 281 Å². The van der Waals surface area contributed by atoms with E-state index >= 15 is 0 Å². The average Bonchev–Trinajstić information content (AvgIpc) is 3.59. The van der Waals surface area contributed by atoms with E-state index in [9.17, 15) is 28.2 Å². The maximum absolute atomic E-state index is 14.3. The number of carboxylic acids is 1. The first kappa shape index (κ1) is 36.3. The van der Waals surface area contributed by atoms with Crippen molar-refractivity contribution in [1.29, 1.82) is 0 Å². The van der Waals surface area contributed by atoms with Crippen molar-refractivity contribution in [2.75, 3.05) is 38.1 Å². The molecule has 0 radical (unpaired) electrons. The van der Waals surface area contributed by atoms with E-state index in [2.05, 4.69) is 9.62 Å². The number of nitrogens with zero attached hydrogens (tertiary/aromatic N) is 2. The third-order valence-corrected chi connectivity index (χ3v) is 11.0. The lowest BCUT2D eigenvalue weighted by molar-refractivity contribution is -0.0177. The number of sulfonamides is 1. The maximum atomic E-state index is 14.3. The van der Waals surface area contributed by atoms with Gasteiger partial charge in [0.05, 0.1) is 36.0 Å². The van der Waals surface area contributed by atoms with Gasteiger partial charge in [0.25, 0.3) is 15.9 Å². The Kier molecular flexibility index (Phi) is 12.8. The molecule has 1 amide bonds. The predicted octanol–water partition coefficient (Wildman–Crippen LogP) is 5.17. The first-order valence-electron chi connectivity index (χ1n) is 15.8. The van der Waals surface area contributed by atoms with Gasteiger partial charge in [0.15, 0.2) is 0 Å². The van der Waals surface area contributed by atoms with Gasteiger partial charge in [-0.2, -0.15) is 0 Å². The summed E-state index contributed by atoms with van der Waals surface area (Å²) in [4.78, 5) is 29.3. The second-order valence-corrected chi connectivity index (χ2v) is 15.1. The van der Waals surface area contributed by atoms with Crippen molar-refractivity contribution >= 4 is 38.9 Å². The molecular weight excluding hydrogens is 643 g/mol. The number of aliphatic hydroxyl groups is 1. The molecule has 0 spiro atoms. The third-order valence-electron chi connectivity index (χ3n) is 8.21. The van der Waals surface area contributed by atoms with Crippen LogP contribution in [0, 0.1) is 5.92 Å². The van der Waals surface area contributed by atoms with Crippen molar-refractivity contribution < 1.29 is 37.7 Å². The first-order chi connectivity index (χ1) is 22.4. The van der Waals surface area contributed by atoms with Gasteiger partial charge in [-0.25, -0.2) is 13.2 Å². The summed E-state index contributed by atoms with van der Waals surface area (Å²) in [6.07, 6.45) is 1.94. The number of hydrogen-bond acceptors (Lipinski definition) is 9. The lowest BCUT2D eigenvalue weighted by atomic mass is 10.0. The zero-order valence-electron chi connectivity index (χ0n) is 27.3. The fourth-order valence-electron chi connectivity index (χ4n) is 5.51. The highest BCUT2D eigenvalue weighted by Crippen LogP contribution is 2.30. The number of carbonyl (C=O) groups excluding carboxylic acids is 1. The largest absolute Gasteiger partial charge is 0.490 e. The minimum atomic E-state index is -3.85. The molecule has 1 aromatic heterocycles. The molecular formula is C34H45N3O8S2. The Hall–Kier alpha value is -3.49. The van der Waals surface area contributed by atoms with Crippen molar-refractivity contribution in [2.24, 2.45) is 5.92 Å². The van der Waals surface area contributed by atoms with Crippen LogP contribution in [0.15, 0.2) is 64.2 Å². The summed E-state index contributed by atoms with van der Waals surface area (Å²) >= 11 is 1.10. The van der Waals surface area contributed by atoms with Crippen LogP contribution in [0.5, 0.6) is 5.75 Å². The van der Waals surface area contributed by atoms with Crippen LogP contribution in [0.2, 0.25) is 0 Å². The smallest absolute Gasteiger partial charge is 0.335 e. The van der Waals surface area contributed by atoms with Crippen molar-refractivity contribution in [3.63, 3.8) is 0 Å². The molecule has 1 aliphatic heterocycles. The van der Waals surface area contributed by atoms with Crippen LogP contribution in [0.4, 0.5) is 5.69 Å². The number of amides is 1. The summed E-state index contributed by atoms with van der Waals surface area (Å²) in [5.74, 6) is -1.15. The molecule has 0 aliphatic carbocycles. The van der Waals surface area contributed by atoms with E-state index in [1.54, 1.807) is 59.7 Å². The number of rotatable bonds is 10. The standard InChI is InChI=1S/C34H45N3O8S2/c1-23-19-37(24(2)22-38)33(39)29-18-28(35-47(42,43)32-9-7-17-46-32)14-15-30(29)45-25(3)8-5-6-16-44-31(23)21-36(4)20-26-10-12-27(13-11-26)34(40)41/h7,9-15,17-18,23-25,31,35,38H,5-6,8,16,19-22H2,1-4H3,(H,40,41)/t23-,24-,25-,31-/m0/s1. The van der Waals surface area contributed by atoms with E-state index in [1.165, 1.54) is 12.1 Å². The SMILES string of the molecule is C[C@H]1CCCCO[C@@H](CN(C)Cc2ccc(C(=O)O)cc2)[C@@H](C)CN([C@@H](C)CO)C(=O)c2cc(NS(=O)(=O)c3cccs3)ccc2O1. The number of carboxylic acid groups (broad SMARTS) is 1. The van der Waals surface area contributed by atoms with Crippen molar-refractivity contribution in [1.82, 2.24) is 9.80 Å². The van der Waals surface area contributed by atoms with Gasteiger partial charge >= 0.3 is 5.97 Å². The Bertz CT molecular complexity index is 1580. The van der Waals surface area contributed by atoms with Crippen LogP contribution in [-0.4, -0.2) is 91.9 Å². The second kappa shape index (κ2) is 16.6. The number of likely N-dealkylation sites (N-methyl/N-ethyl adjacent to an activating group) is 1. The number of anilines is 1. The van der Waals surface area contributed by atoms with Gasteiger partial charge < -0.3 is 24.6 Å². The molecule has 4 rings (SSSR count). The molecule has 13 heteroatoms. The molecule has 1 aliphatic rings. The average molecular weight is 688 g/mol. The van der Waals surface area contributed by atoms with E-state index in [1.807, 2.05) is 20.9 Å². The van der Waals surface area contributed by atoms with Crippen LogP contribution < -0.4 is 9.46 Å². The summed E-state index contributed by atoms with van der Waals surface area (Å²) in [6.45, 7) is 7.39. The minimum Gasteiger partial charge on any atom is -0.490 e. The number of aromatic carboxylic acids is 1. The monoisotopic (exact) mass is 687 g/mol. The van der Waals surface area contributed by atoms with Crippen LogP contribution in [0.3, 0.4) is 0 Å². The zero-order valence-corrected chi connectivity index (χ0v) is 28.9. The molecule has 0 unspecified atom stereocenters. The van der Waals surface area contributed by atoms with E-state index < -0.39 is 22.0 Å². The van der Waals surface area contributed by atoms with Crippen LogP contribution >= 0.6 is 11.3 Å². The van der Waals surface area contributed by atoms with Crippen molar-refractivity contribution in [3.05, 3.63) is 76.7 Å². The highest BCUT2D eigenvalue weighted by molar-refractivity contribution is 7.94. The number of aliphatic hydroxyl groups excluding tert-OH is 1. The Balaban J connectivity index is 1.61. The van der Waals surface area contributed by atoms with Crippen LogP contribution in [0.1, 0.15) is 66.3 Å². The van der Waals surface area contributed by atoms with Gasteiger partial charge in [-0.15, -0.1) is 11.3 Å². The molecule has 2 aromatic carbocycles. The highest BCUT2D eigenvalue weighted by atomic mass is 32.2. The topological polar surface area (TPSA) is 146 Å². The summed E-state index contributed by atoms with van der Waals surface area (Å²) < 4.78 is 41.4. The third kappa shape index (κ3) is 10.0. The van der Waals surface area contributed by atoms with Gasteiger partial charge in [0, 0.05) is 37.8 Å². The molecule has 4 atom stereocenters. The molecule has 0 bridgehead atoms. The first-order valence-corrected chi connectivity index (χ1v) is 18.2. The van der Waals surface area contributed by atoms with E-state index in [0.717, 1.165) is 36.2 Å². The van der Waals surface area contributed by atoms with Gasteiger partial charge in [0.2, 0.25) is 0 Å². The van der Waals surface area contributed by atoms with Gasteiger partial charge in [-0.1, -0.05) is 25.1 Å². The number of ether oxygens (including phenoxy) is 2. The van der Waals surface area contributed by atoms with E-state index in [-0.39, 0.29) is 58.2 Å². The van der Waals surface area contributed by atoms with Crippen molar-refractivity contribution in [2.45, 2.75) is 69.0 Å². The maximum Gasteiger partial charge on any atom is 0.335 e. The Morgan fingerprint density at radius 2 is 1.89 bits per heavy atom. The quantitative estimate of drug-likeness (QED) is 0.263. The Morgan fingerprint density at radius 1 is 1.15 bits per heavy atom. The molecule has 0 saturated heterocycles. The number of nitrogens with one attached hydrogen (secondary N) is 1. The number of benzene rings is 2. The zero-order chi connectivity index (χ0) is 34.1. The molecule has 0 fully saturated rings. The van der Waals surface area contributed by atoms with Gasteiger partial charge in [-0.05, 0) is 87.5 Å². The molecule has 3 aromatic rings. The fourth-order valence-corrected chi connectivity index (χ4v) is 7.55. The van der Waals surface area contributed by atoms with E-state index in [0.29, 0.717) is 25.4 Å². The Morgan fingerprint density at radius 3 is 2.55 bits per heavy atom. The summed E-state index contributed by atoms with van der Waals surface area (Å²) in [6, 6.07) is 14.1. The second-order valence-electron chi connectivity index (χ2n) is 12.2. The lowest BCUT2D eigenvalue weighted by Gasteiger charge is -2.36. The molecule has 2 heterocycles. The van der Waals surface area contributed by atoms with E-state index in [4.69, 9.17) is 9.47 Å². The van der Waals surface area contributed by atoms with Crippen LogP contribution in [-0.2, 0) is 21.3 Å². The molecule has 3 N–H and O–H groups in total. The summed E-state index contributed by atoms with van der Waals surface area (Å²) in [5, 5.41) is 21.1. The normalized spacial score (nSPS) is 20.6. The predicted molar refractivity (Wildman–Crippen MR) is 182 cm³/mol. The number of fused-ring (bicyclic) bond motifs is 1. The van der Waals surface area contributed by atoms with Gasteiger partial charge in [-0.3, -0.25) is 14.4 Å². The molecule has 0 saturated carbocycles. The molecule has 47 heavy (non-hydrogen) atoms. The molecule has 11 nitrogen and oxygen atoms in total. The van der Waals surface area contributed by atoms with Crippen molar-refractivity contribution in [3.8, 4) is 5.75 Å².